The summed E-state index contributed by atoms with van der Waals surface area (Å²) in [4.78, 5) is 19.1. The zero-order valence-electron chi connectivity index (χ0n) is 16.8. The number of thiazole rings is 1. The summed E-state index contributed by atoms with van der Waals surface area (Å²) in [6.07, 6.45) is -0.401. The van der Waals surface area contributed by atoms with Gasteiger partial charge in [-0.1, -0.05) is 6.07 Å². The van der Waals surface area contributed by atoms with Crippen LogP contribution in [0.5, 0.6) is 0 Å². The molecule has 0 saturated carbocycles. The second-order valence-electron chi connectivity index (χ2n) is 6.58. The molecule has 2 heterocycles. The molecule has 1 aliphatic rings. The molecule has 0 bridgehead atoms. The number of hydrogen-bond acceptors (Lipinski definition) is 9. The molecule has 0 fully saturated rings. The average molecular weight is 480 g/mol. The minimum absolute atomic E-state index is 0. The molecule has 10 nitrogen and oxygen atoms in total. The molecule has 0 unspecified atom stereocenters. The second-order valence-corrected chi connectivity index (χ2v) is 8.94. The van der Waals surface area contributed by atoms with Crippen LogP contribution in [0, 0.1) is 6.92 Å². The average Bonchev–Trinajstić information content (AvgIpc) is 3.10. The van der Waals surface area contributed by atoms with Gasteiger partial charge in [0, 0.05) is 12.0 Å². The summed E-state index contributed by atoms with van der Waals surface area (Å²) in [5, 5.41) is 28.9. The Bertz CT molecular complexity index is 1430. The van der Waals surface area contributed by atoms with Crippen LogP contribution in [-0.2, 0) is 14.9 Å². The van der Waals surface area contributed by atoms with Gasteiger partial charge in [0.2, 0.25) is 0 Å². The first kappa shape index (κ1) is 24.2. The number of aliphatic hydroxyl groups is 1. The van der Waals surface area contributed by atoms with Crippen LogP contribution < -0.4 is 34.7 Å². The van der Waals surface area contributed by atoms with Crippen LogP contribution >= 0.6 is 11.3 Å². The number of azo groups is 1. The maximum absolute atomic E-state index is 11.8. The van der Waals surface area contributed by atoms with Crippen molar-refractivity contribution in [2.75, 3.05) is 0 Å². The van der Waals surface area contributed by atoms with Crippen molar-refractivity contribution in [1.82, 2.24) is 4.98 Å². The molecular formula is C19H13N4NaO6S2. The monoisotopic (exact) mass is 480 g/mol. The van der Waals surface area contributed by atoms with Crippen LogP contribution in [0.1, 0.15) is 12.0 Å². The largest absolute Gasteiger partial charge is 1.00 e. The van der Waals surface area contributed by atoms with Crippen LogP contribution in [0.4, 0.5) is 5.69 Å². The minimum atomic E-state index is -4.40. The number of hydrogen-bond donors (Lipinski definition) is 2. The molecule has 1 aromatic heterocycles. The quantitative estimate of drug-likeness (QED) is 0.303. The third-order valence-electron chi connectivity index (χ3n) is 4.37. The van der Waals surface area contributed by atoms with Gasteiger partial charge in [-0.25, -0.2) is 9.98 Å². The number of aliphatic imine (C=N–C) groups is 1. The van der Waals surface area contributed by atoms with E-state index in [1.165, 1.54) is 0 Å². The van der Waals surface area contributed by atoms with Crippen LogP contribution in [0.25, 0.3) is 20.8 Å². The van der Waals surface area contributed by atoms with Gasteiger partial charge in [0.25, 0.3) is 16.0 Å². The number of nitrogens with zero attached hydrogens (tertiary/aromatic N) is 4. The van der Waals surface area contributed by atoms with E-state index in [-0.39, 0.29) is 40.1 Å². The molecule has 0 radical (unpaired) electrons. The number of carbonyl (C=O) groups excluding carboxylic acids is 1. The van der Waals surface area contributed by atoms with E-state index in [1.807, 2.05) is 0 Å². The fraction of sp³-hybridized carbons (Fsp3) is 0.105. The standard InChI is InChI=1S/C19H14N4O6S2.Na/c1-9-2-7-12-16(17(9)31(27,28)29)30-19(20-12)10-3-5-11(6-4-10)22-23-15-13(24)8-14(25)21-18(15)26;/h2-7,24H,8H2,1H3,(H,21,25,26)(H,27,28,29);/q;+1/p-1. The zero-order valence-corrected chi connectivity index (χ0v) is 20.4. The first-order chi connectivity index (χ1) is 14.6. The number of carbonyl (C=O) groups is 1. The molecule has 158 valence electrons. The van der Waals surface area contributed by atoms with Crippen molar-refractivity contribution in [2.24, 2.45) is 15.2 Å². The van der Waals surface area contributed by atoms with Gasteiger partial charge in [-0.05, 0) is 48.7 Å². The maximum Gasteiger partial charge on any atom is 1.00 e. The van der Waals surface area contributed by atoms with Crippen molar-refractivity contribution in [1.29, 1.82) is 0 Å². The summed E-state index contributed by atoms with van der Waals surface area (Å²) >= 11 is 1.13. The molecule has 2 aromatic carbocycles. The van der Waals surface area contributed by atoms with Gasteiger partial charge in [0.15, 0.2) is 5.70 Å². The van der Waals surface area contributed by atoms with E-state index >= 15 is 0 Å². The number of amides is 1. The fourth-order valence-corrected chi connectivity index (χ4v) is 5.26. The third kappa shape index (κ3) is 4.80. The van der Waals surface area contributed by atoms with Gasteiger partial charge in [-0.3, -0.25) is 9.35 Å². The van der Waals surface area contributed by atoms with E-state index < -0.39 is 34.1 Å². The normalized spacial score (nSPS) is 14.7. The summed E-state index contributed by atoms with van der Waals surface area (Å²) in [5.74, 6) is -2.17. The van der Waals surface area contributed by atoms with Gasteiger partial charge < -0.3 is 10.2 Å². The Balaban J connectivity index is 0.00000289. The summed E-state index contributed by atoms with van der Waals surface area (Å²) in [6, 6.07) is 9.79. The van der Waals surface area contributed by atoms with Crippen LogP contribution in [0.15, 0.2) is 68.0 Å². The van der Waals surface area contributed by atoms with Gasteiger partial charge in [-0.2, -0.15) is 13.5 Å². The summed E-state index contributed by atoms with van der Waals surface area (Å²) in [7, 11) is -4.40. The number of benzene rings is 2. The van der Waals surface area contributed by atoms with Crippen LogP contribution in [0.3, 0.4) is 0 Å². The maximum atomic E-state index is 11.8. The molecule has 0 spiro atoms. The van der Waals surface area contributed by atoms with Crippen LogP contribution in [-0.4, -0.2) is 34.9 Å². The van der Waals surface area contributed by atoms with Crippen LogP contribution in [0.2, 0.25) is 0 Å². The molecule has 13 heteroatoms. The van der Waals surface area contributed by atoms with E-state index in [2.05, 4.69) is 20.2 Å². The Morgan fingerprint density at radius 1 is 1.12 bits per heavy atom. The van der Waals surface area contributed by atoms with E-state index in [1.54, 1.807) is 43.3 Å². The second kappa shape index (κ2) is 9.17. The van der Waals surface area contributed by atoms with Crippen molar-refractivity contribution < 1.29 is 57.5 Å². The molecule has 32 heavy (non-hydrogen) atoms. The number of aromatic nitrogens is 1. The molecule has 0 saturated heterocycles. The Morgan fingerprint density at radius 2 is 1.81 bits per heavy atom. The minimum Gasteiger partial charge on any atom is -0.861 e. The predicted octanol–water partition coefficient (Wildman–Crippen LogP) is 0.0648. The molecule has 1 aliphatic heterocycles. The van der Waals surface area contributed by atoms with Crippen molar-refractivity contribution >= 4 is 49.2 Å². The molecule has 3 aromatic rings. The number of aliphatic hydroxyl groups excluding tert-OH is 1. The van der Waals surface area contributed by atoms with E-state index in [0.29, 0.717) is 32.0 Å². The van der Waals surface area contributed by atoms with Crippen molar-refractivity contribution in [3.05, 3.63) is 53.4 Å². The Hall–Kier alpha value is -2.48. The summed E-state index contributed by atoms with van der Waals surface area (Å²) in [5.41, 5.74) is 1.52. The Kier molecular flexibility index (Phi) is 6.93. The smallest absolute Gasteiger partial charge is 0.861 e. The van der Waals surface area contributed by atoms with E-state index in [4.69, 9.17) is 0 Å². The first-order valence-corrected chi connectivity index (χ1v) is 11.0. The SMILES string of the molecule is Cc1ccc2nc(-c3ccc(N=NC4=C(O)CC([O-])=NC4=O)cc3)sc2c1S(=O)(=O)O.[Na+]. The van der Waals surface area contributed by atoms with Gasteiger partial charge in [0.05, 0.1) is 15.9 Å². The first-order valence-electron chi connectivity index (χ1n) is 8.74. The molecular weight excluding hydrogens is 467 g/mol. The van der Waals surface area contributed by atoms with E-state index in [0.717, 1.165) is 11.3 Å². The molecule has 4 rings (SSSR count). The predicted molar refractivity (Wildman–Crippen MR) is 111 cm³/mol. The Morgan fingerprint density at radius 3 is 2.44 bits per heavy atom. The number of dihydropyridines is 1. The Labute approximate surface area is 208 Å². The topological polar surface area (TPSA) is 165 Å². The van der Waals surface area contributed by atoms with Crippen molar-refractivity contribution in [3.8, 4) is 10.6 Å². The molecule has 0 atom stereocenters. The number of aryl methyl sites for hydroxylation is 1. The third-order valence-corrected chi connectivity index (χ3v) is 6.68. The molecule has 0 aliphatic carbocycles. The number of fused-ring (bicyclic) bond motifs is 1. The number of rotatable bonds is 4. The van der Waals surface area contributed by atoms with E-state index in [9.17, 15) is 28.0 Å². The molecule has 2 N–H and O–H groups in total. The van der Waals surface area contributed by atoms with Gasteiger partial charge >= 0.3 is 29.6 Å². The summed E-state index contributed by atoms with van der Waals surface area (Å²) < 4.78 is 33.5. The van der Waals surface area contributed by atoms with Gasteiger partial charge in [0.1, 0.15) is 15.7 Å². The van der Waals surface area contributed by atoms with Gasteiger partial charge in [-0.15, -0.1) is 16.5 Å². The fourth-order valence-electron chi connectivity index (χ4n) is 2.95. The molecule has 1 amide bonds. The van der Waals surface area contributed by atoms with Crippen molar-refractivity contribution in [3.63, 3.8) is 0 Å². The van der Waals surface area contributed by atoms with Crippen molar-refractivity contribution in [2.45, 2.75) is 18.2 Å². The summed E-state index contributed by atoms with van der Waals surface area (Å²) in [6.45, 7) is 1.59. The zero-order chi connectivity index (χ0) is 22.3.